The fourth-order valence-electron chi connectivity index (χ4n) is 1.20. The van der Waals surface area contributed by atoms with Crippen LogP contribution in [0.2, 0.25) is 5.02 Å². The standard InChI is InChI=1S/C11H12ClFN2O2S/c1-8(5-14)6-15-18(16,17)7-9-2-3-11(13)10(12)4-9/h2-4,8,15H,6-7H2,1H3/t8-/m0/s1. The molecule has 0 saturated carbocycles. The van der Waals surface area contributed by atoms with Gasteiger partial charge in [0.05, 0.1) is 22.8 Å². The van der Waals surface area contributed by atoms with Gasteiger partial charge in [0.2, 0.25) is 10.0 Å². The number of nitrogens with one attached hydrogen (secondary N) is 1. The van der Waals surface area contributed by atoms with E-state index in [4.69, 9.17) is 16.9 Å². The van der Waals surface area contributed by atoms with Crippen LogP contribution in [0.3, 0.4) is 0 Å². The average molecular weight is 291 g/mol. The minimum absolute atomic E-state index is 0.0494. The van der Waals surface area contributed by atoms with Crippen LogP contribution in [0.4, 0.5) is 4.39 Å². The van der Waals surface area contributed by atoms with Gasteiger partial charge >= 0.3 is 0 Å². The Kier molecular flexibility index (Phi) is 5.08. The number of hydrogen-bond acceptors (Lipinski definition) is 3. The molecule has 0 aliphatic carbocycles. The van der Waals surface area contributed by atoms with Crippen molar-refractivity contribution in [2.45, 2.75) is 12.7 Å². The maximum absolute atomic E-state index is 12.9. The highest BCUT2D eigenvalue weighted by Gasteiger charge is 2.13. The van der Waals surface area contributed by atoms with Crippen LogP contribution < -0.4 is 4.72 Å². The van der Waals surface area contributed by atoms with Gasteiger partial charge in [-0.1, -0.05) is 17.7 Å². The zero-order valence-corrected chi connectivity index (χ0v) is 11.2. The van der Waals surface area contributed by atoms with Crippen LogP contribution in [0.1, 0.15) is 12.5 Å². The first kappa shape index (κ1) is 14.9. The maximum Gasteiger partial charge on any atom is 0.215 e. The molecule has 18 heavy (non-hydrogen) atoms. The monoisotopic (exact) mass is 290 g/mol. The van der Waals surface area contributed by atoms with E-state index in [1.165, 1.54) is 12.1 Å². The van der Waals surface area contributed by atoms with Crippen molar-refractivity contribution in [3.63, 3.8) is 0 Å². The first-order chi connectivity index (χ1) is 8.34. The molecule has 1 aromatic rings. The Hall–Kier alpha value is -1.16. The van der Waals surface area contributed by atoms with Crippen LogP contribution in [-0.2, 0) is 15.8 Å². The second-order valence-corrected chi connectivity index (χ2v) is 6.10. The summed E-state index contributed by atoms with van der Waals surface area (Å²) < 4.78 is 38.5. The van der Waals surface area contributed by atoms with Gasteiger partial charge in [0, 0.05) is 6.54 Å². The summed E-state index contributed by atoms with van der Waals surface area (Å²) in [5.41, 5.74) is 0.388. The zero-order chi connectivity index (χ0) is 13.8. The third kappa shape index (κ3) is 4.61. The first-order valence-electron chi connectivity index (χ1n) is 5.15. The fraction of sp³-hybridized carbons (Fsp3) is 0.364. The summed E-state index contributed by atoms with van der Waals surface area (Å²) in [7, 11) is -3.55. The summed E-state index contributed by atoms with van der Waals surface area (Å²) in [6.07, 6.45) is 0. The molecule has 4 nitrogen and oxygen atoms in total. The van der Waals surface area contributed by atoms with Crippen LogP contribution in [0.25, 0.3) is 0 Å². The van der Waals surface area contributed by atoms with Gasteiger partial charge in [-0.05, 0) is 24.6 Å². The molecular weight excluding hydrogens is 279 g/mol. The Morgan fingerprint density at radius 1 is 1.56 bits per heavy atom. The molecule has 1 N–H and O–H groups in total. The van der Waals surface area contributed by atoms with E-state index in [0.29, 0.717) is 5.56 Å². The Balaban J connectivity index is 2.71. The molecule has 1 rings (SSSR count). The lowest BCUT2D eigenvalue weighted by molar-refractivity contribution is 0.571. The molecule has 0 aliphatic rings. The van der Waals surface area contributed by atoms with Gasteiger partial charge in [-0.25, -0.2) is 17.5 Å². The second kappa shape index (κ2) is 6.14. The van der Waals surface area contributed by atoms with Crippen molar-refractivity contribution >= 4 is 21.6 Å². The second-order valence-electron chi connectivity index (χ2n) is 3.89. The van der Waals surface area contributed by atoms with Crippen LogP contribution in [-0.4, -0.2) is 15.0 Å². The molecular formula is C11H12ClFN2O2S. The molecule has 0 unspecified atom stereocenters. The van der Waals surface area contributed by atoms with Crippen molar-refractivity contribution < 1.29 is 12.8 Å². The van der Waals surface area contributed by atoms with E-state index in [0.717, 1.165) is 6.07 Å². The van der Waals surface area contributed by atoms with Crippen LogP contribution in [0.15, 0.2) is 18.2 Å². The summed E-state index contributed by atoms with van der Waals surface area (Å²) >= 11 is 5.56. The highest BCUT2D eigenvalue weighted by Crippen LogP contribution is 2.17. The number of rotatable bonds is 5. The summed E-state index contributed by atoms with van der Waals surface area (Å²) in [6.45, 7) is 1.66. The molecule has 98 valence electrons. The predicted molar refractivity (Wildman–Crippen MR) is 66.8 cm³/mol. The molecule has 0 fully saturated rings. The Morgan fingerprint density at radius 2 is 2.22 bits per heavy atom. The van der Waals surface area contributed by atoms with Crippen LogP contribution in [0, 0.1) is 23.1 Å². The lowest BCUT2D eigenvalue weighted by Crippen LogP contribution is -2.29. The minimum Gasteiger partial charge on any atom is -0.214 e. The van der Waals surface area contributed by atoms with Crippen molar-refractivity contribution in [1.82, 2.24) is 4.72 Å². The quantitative estimate of drug-likeness (QED) is 0.902. The number of hydrogen-bond donors (Lipinski definition) is 1. The van der Waals surface area contributed by atoms with E-state index in [1.807, 2.05) is 6.07 Å². The third-order valence-electron chi connectivity index (χ3n) is 2.17. The van der Waals surface area contributed by atoms with E-state index >= 15 is 0 Å². The molecule has 0 spiro atoms. The molecule has 0 saturated heterocycles. The summed E-state index contributed by atoms with van der Waals surface area (Å²) in [4.78, 5) is 0. The summed E-state index contributed by atoms with van der Waals surface area (Å²) in [5.74, 6) is -1.30. The van der Waals surface area contributed by atoms with Crippen molar-refractivity contribution in [3.8, 4) is 6.07 Å². The molecule has 0 heterocycles. The van der Waals surface area contributed by atoms with E-state index in [2.05, 4.69) is 4.72 Å². The highest BCUT2D eigenvalue weighted by atomic mass is 35.5. The first-order valence-corrected chi connectivity index (χ1v) is 7.18. The third-order valence-corrected chi connectivity index (χ3v) is 3.78. The molecule has 0 aliphatic heterocycles. The van der Waals surface area contributed by atoms with Crippen LogP contribution in [0.5, 0.6) is 0 Å². The van der Waals surface area contributed by atoms with Gasteiger partial charge in [-0.15, -0.1) is 0 Å². The van der Waals surface area contributed by atoms with E-state index < -0.39 is 21.8 Å². The topological polar surface area (TPSA) is 70.0 Å². The van der Waals surface area contributed by atoms with E-state index in [-0.39, 0.29) is 17.3 Å². The minimum atomic E-state index is -3.55. The van der Waals surface area contributed by atoms with Crippen molar-refractivity contribution in [3.05, 3.63) is 34.6 Å². The lowest BCUT2D eigenvalue weighted by Gasteiger charge is -2.08. The molecule has 7 heteroatoms. The highest BCUT2D eigenvalue weighted by molar-refractivity contribution is 7.88. The lowest BCUT2D eigenvalue weighted by atomic mass is 10.2. The number of benzene rings is 1. The number of nitrogens with zero attached hydrogens (tertiary/aromatic N) is 1. The Labute approximate surface area is 110 Å². The summed E-state index contributed by atoms with van der Waals surface area (Å²) in [6, 6.07) is 5.66. The molecule has 0 aromatic heterocycles. The van der Waals surface area contributed by atoms with Crippen molar-refractivity contribution in [2.75, 3.05) is 6.54 Å². The molecule has 1 aromatic carbocycles. The zero-order valence-electron chi connectivity index (χ0n) is 9.65. The normalized spacial score (nSPS) is 13.0. The Bertz CT molecular complexity index is 569. The number of sulfonamides is 1. The van der Waals surface area contributed by atoms with Crippen molar-refractivity contribution in [1.29, 1.82) is 5.26 Å². The summed E-state index contributed by atoms with van der Waals surface area (Å²) in [5, 5.41) is 8.43. The SMILES string of the molecule is C[C@@H](C#N)CNS(=O)(=O)Cc1ccc(F)c(Cl)c1. The smallest absolute Gasteiger partial charge is 0.214 e. The van der Waals surface area contributed by atoms with Crippen molar-refractivity contribution in [2.24, 2.45) is 5.92 Å². The largest absolute Gasteiger partial charge is 0.215 e. The Morgan fingerprint density at radius 3 is 2.78 bits per heavy atom. The van der Waals surface area contributed by atoms with Gasteiger partial charge in [-0.3, -0.25) is 0 Å². The fourth-order valence-corrected chi connectivity index (χ4v) is 2.63. The molecule has 0 amide bonds. The van der Waals surface area contributed by atoms with Gasteiger partial charge in [0.1, 0.15) is 5.82 Å². The van der Waals surface area contributed by atoms with Gasteiger partial charge in [0.25, 0.3) is 0 Å². The maximum atomic E-state index is 12.9. The molecule has 0 radical (unpaired) electrons. The van der Waals surface area contributed by atoms with Gasteiger partial charge in [0.15, 0.2) is 0 Å². The van der Waals surface area contributed by atoms with E-state index in [1.54, 1.807) is 6.92 Å². The number of halogens is 2. The predicted octanol–water partition coefficient (Wildman–Crippen LogP) is 2.06. The van der Waals surface area contributed by atoms with Crippen LogP contribution >= 0.6 is 11.6 Å². The molecule has 1 atom stereocenters. The average Bonchev–Trinajstić information content (AvgIpc) is 2.30. The van der Waals surface area contributed by atoms with Gasteiger partial charge < -0.3 is 0 Å². The number of nitriles is 1. The molecule has 0 bridgehead atoms. The van der Waals surface area contributed by atoms with E-state index in [9.17, 15) is 12.8 Å². The van der Waals surface area contributed by atoms with Gasteiger partial charge in [-0.2, -0.15) is 5.26 Å².